The fourth-order valence-electron chi connectivity index (χ4n) is 0.466. The number of hydrogen-bond donors (Lipinski definition) is 1. The van der Waals surface area contributed by atoms with Crippen molar-refractivity contribution in [3.63, 3.8) is 0 Å². The normalized spacial score (nSPS) is 24.0. The van der Waals surface area contributed by atoms with Crippen LogP contribution < -0.4 is 5.32 Å². The van der Waals surface area contributed by atoms with Crippen molar-refractivity contribution in [2.75, 3.05) is 5.75 Å². The molecule has 0 aliphatic carbocycles. The fraction of sp³-hybridized carbons (Fsp3) is 0.333. The number of amides is 1. The first kappa shape index (κ1) is 6.63. The summed E-state index contributed by atoms with van der Waals surface area (Å²) in [5.41, 5.74) is 0. The fourth-order valence-corrected chi connectivity index (χ4v) is 1.57. The SMILES string of the molecule is O=C1CS(=O)(=O)C(=S)N1. The van der Waals surface area contributed by atoms with Crippen LogP contribution in [0.3, 0.4) is 0 Å². The van der Waals surface area contributed by atoms with Crippen molar-refractivity contribution in [1.82, 2.24) is 5.32 Å². The number of nitrogens with one attached hydrogen (secondary N) is 1. The zero-order valence-electron chi connectivity index (χ0n) is 4.25. The van der Waals surface area contributed by atoms with E-state index in [0.717, 1.165) is 0 Å². The Morgan fingerprint density at radius 3 is 2.22 bits per heavy atom. The van der Waals surface area contributed by atoms with Gasteiger partial charge in [-0.1, -0.05) is 0 Å². The second kappa shape index (κ2) is 1.74. The van der Waals surface area contributed by atoms with E-state index >= 15 is 0 Å². The lowest BCUT2D eigenvalue weighted by molar-refractivity contribution is -0.116. The maximum atomic E-state index is 10.5. The van der Waals surface area contributed by atoms with Gasteiger partial charge in [0.1, 0.15) is 5.75 Å². The highest BCUT2D eigenvalue weighted by molar-refractivity contribution is 8.18. The van der Waals surface area contributed by atoms with Crippen LogP contribution >= 0.6 is 12.2 Å². The molecule has 0 bridgehead atoms. The number of carbonyl (C=O) groups is 1. The van der Waals surface area contributed by atoms with Gasteiger partial charge in [0.15, 0.2) is 4.32 Å². The highest BCUT2D eigenvalue weighted by Crippen LogP contribution is 1.99. The highest BCUT2D eigenvalue weighted by atomic mass is 32.2. The second-order valence-electron chi connectivity index (χ2n) is 1.59. The average molecular weight is 165 g/mol. The molecule has 0 radical (unpaired) electrons. The Balaban J connectivity index is 3.10. The summed E-state index contributed by atoms with van der Waals surface area (Å²) in [5.74, 6) is -1.04. The van der Waals surface area contributed by atoms with Crippen molar-refractivity contribution < 1.29 is 13.2 Å². The minimum atomic E-state index is -3.40. The van der Waals surface area contributed by atoms with Gasteiger partial charge in [0.25, 0.3) is 0 Å². The van der Waals surface area contributed by atoms with Crippen LogP contribution in [-0.4, -0.2) is 24.4 Å². The number of sulfone groups is 1. The molecule has 1 heterocycles. The van der Waals surface area contributed by atoms with Crippen LogP contribution in [0.25, 0.3) is 0 Å². The lowest BCUT2D eigenvalue weighted by Crippen LogP contribution is -2.19. The van der Waals surface area contributed by atoms with Gasteiger partial charge in [-0.2, -0.15) is 0 Å². The molecule has 1 aliphatic heterocycles. The zero-order chi connectivity index (χ0) is 7.07. The van der Waals surface area contributed by atoms with Crippen molar-refractivity contribution in [3.05, 3.63) is 0 Å². The molecule has 1 saturated heterocycles. The summed E-state index contributed by atoms with van der Waals surface area (Å²) in [4.78, 5) is 10.3. The first-order chi connectivity index (χ1) is 4.02. The van der Waals surface area contributed by atoms with Gasteiger partial charge in [-0.05, 0) is 12.2 Å². The van der Waals surface area contributed by atoms with E-state index in [1.165, 1.54) is 0 Å². The molecule has 0 aromatic carbocycles. The Bertz CT molecular complexity index is 265. The van der Waals surface area contributed by atoms with E-state index in [2.05, 4.69) is 12.2 Å². The van der Waals surface area contributed by atoms with E-state index in [1.54, 1.807) is 0 Å². The topological polar surface area (TPSA) is 63.2 Å². The Morgan fingerprint density at radius 1 is 1.56 bits per heavy atom. The summed E-state index contributed by atoms with van der Waals surface area (Å²) in [6, 6.07) is 0. The molecule has 9 heavy (non-hydrogen) atoms. The van der Waals surface area contributed by atoms with Crippen molar-refractivity contribution in [2.45, 2.75) is 0 Å². The van der Waals surface area contributed by atoms with Gasteiger partial charge in [0.05, 0.1) is 0 Å². The molecule has 1 fully saturated rings. The van der Waals surface area contributed by atoms with E-state index in [4.69, 9.17) is 0 Å². The van der Waals surface area contributed by atoms with Crippen LogP contribution in [0.4, 0.5) is 0 Å². The number of thiocarbonyl (C=S) groups is 1. The lowest BCUT2D eigenvalue weighted by atomic mass is 10.7. The molecule has 4 nitrogen and oxygen atoms in total. The average Bonchev–Trinajstić information content (AvgIpc) is 1.79. The maximum Gasteiger partial charge on any atom is 0.241 e. The molecule has 1 N–H and O–H groups in total. The largest absolute Gasteiger partial charge is 0.307 e. The quantitative estimate of drug-likeness (QED) is 0.459. The first-order valence-corrected chi connectivity index (χ1v) is 4.15. The van der Waals surface area contributed by atoms with E-state index in [0.29, 0.717) is 0 Å². The summed E-state index contributed by atoms with van der Waals surface area (Å²) in [7, 11) is -3.40. The Morgan fingerprint density at radius 2 is 2.11 bits per heavy atom. The molecule has 0 aromatic heterocycles. The van der Waals surface area contributed by atoms with E-state index in [-0.39, 0.29) is 4.32 Å². The Kier molecular flexibility index (Phi) is 1.28. The van der Waals surface area contributed by atoms with E-state index < -0.39 is 21.5 Å². The molecule has 1 rings (SSSR count). The summed E-state index contributed by atoms with van der Waals surface area (Å²) in [5, 5.41) is 2.01. The van der Waals surface area contributed by atoms with Crippen LogP contribution in [0.2, 0.25) is 0 Å². The predicted octanol–water partition coefficient (Wildman–Crippen LogP) is -1.18. The van der Waals surface area contributed by atoms with Crippen molar-refractivity contribution >= 4 is 32.3 Å². The Labute approximate surface area is 57.2 Å². The number of hydrogen-bond acceptors (Lipinski definition) is 4. The molecular formula is C3H3NO3S2. The smallest absolute Gasteiger partial charge is 0.241 e. The van der Waals surface area contributed by atoms with Gasteiger partial charge in [-0.3, -0.25) is 4.79 Å². The van der Waals surface area contributed by atoms with Gasteiger partial charge >= 0.3 is 0 Å². The first-order valence-electron chi connectivity index (χ1n) is 2.09. The molecule has 50 valence electrons. The van der Waals surface area contributed by atoms with Crippen LogP contribution in [0.15, 0.2) is 0 Å². The van der Waals surface area contributed by atoms with Crippen LogP contribution in [-0.2, 0) is 14.6 Å². The van der Waals surface area contributed by atoms with Gasteiger partial charge in [-0.15, -0.1) is 0 Å². The summed E-state index contributed by atoms with van der Waals surface area (Å²) < 4.78 is 20.7. The number of rotatable bonds is 0. The molecule has 1 amide bonds. The second-order valence-corrected chi connectivity index (χ2v) is 4.19. The zero-order valence-corrected chi connectivity index (χ0v) is 5.88. The van der Waals surface area contributed by atoms with Crippen LogP contribution in [0.5, 0.6) is 0 Å². The number of carbonyl (C=O) groups excluding carboxylic acids is 1. The maximum absolute atomic E-state index is 10.5. The van der Waals surface area contributed by atoms with Crippen molar-refractivity contribution in [2.24, 2.45) is 0 Å². The summed E-state index contributed by atoms with van der Waals surface area (Å²) in [6.07, 6.45) is 0. The summed E-state index contributed by atoms with van der Waals surface area (Å²) >= 11 is 4.31. The van der Waals surface area contributed by atoms with Crippen molar-refractivity contribution in [3.8, 4) is 0 Å². The molecular weight excluding hydrogens is 162 g/mol. The lowest BCUT2D eigenvalue weighted by Gasteiger charge is -1.84. The van der Waals surface area contributed by atoms with Gasteiger partial charge in [0, 0.05) is 0 Å². The van der Waals surface area contributed by atoms with Gasteiger partial charge < -0.3 is 5.32 Å². The van der Waals surface area contributed by atoms with E-state index in [1.807, 2.05) is 5.32 Å². The molecule has 6 heteroatoms. The van der Waals surface area contributed by atoms with Crippen molar-refractivity contribution in [1.29, 1.82) is 0 Å². The van der Waals surface area contributed by atoms with Crippen LogP contribution in [0, 0.1) is 0 Å². The third-order valence-corrected chi connectivity index (χ3v) is 3.02. The van der Waals surface area contributed by atoms with Gasteiger partial charge in [-0.25, -0.2) is 8.42 Å². The monoisotopic (exact) mass is 165 g/mol. The molecule has 0 saturated carbocycles. The molecule has 0 aromatic rings. The standard InChI is InChI=1S/C3H3NO3S2/c5-2-1-9(6,7)3(8)4-2/h1H2,(H,4,5,8). The molecule has 0 atom stereocenters. The van der Waals surface area contributed by atoms with Gasteiger partial charge in [0.2, 0.25) is 15.7 Å². The molecule has 0 spiro atoms. The summed E-state index contributed by atoms with van der Waals surface area (Å²) in [6.45, 7) is 0. The predicted molar refractivity (Wildman–Crippen MR) is 34.5 cm³/mol. The molecule has 0 unspecified atom stereocenters. The minimum absolute atomic E-state index is 0.354. The van der Waals surface area contributed by atoms with Crippen LogP contribution in [0.1, 0.15) is 0 Å². The Hall–Kier alpha value is -0.490. The molecule has 1 aliphatic rings. The third kappa shape index (κ3) is 1.08. The minimum Gasteiger partial charge on any atom is -0.307 e. The van der Waals surface area contributed by atoms with E-state index in [9.17, 15) is 13.2 Å². The highest BCUT2D eigenvalue weighted by Gasteiger charge is 2.30. The third-order valence-electron chi connectivity index (χ3n) is 0.845.